The zero-order chi connectivity index (χ0) is 30.7. The molecule has 1 atom stereocenters. The number of methoxy groups -OCH3 is 1. The van der Waals surface area contributed by atoms with Crippen LogP contribution < -0.4 is 20.7 Å². The van der Waals surface area contributed by atoms with Crippen LogP contribution in [0.25, 0.3) is 0 Å². The summed E-state index contributed by atoms with van der Waals surface area (Å²) in [4.78, 5) is 38.5. The number of carbonyl (C=O) groups excluding carboxylic acids is 2. The fourth-order valence-corrected chi connectivity index (χ4v) is 3.38. The predicted molar refractivity (Wildman–Crippen MR) is 158 cm³/mol. The summed E-state index contributed by atoms with van der Waals surface area (Å²) in [6.45, 7) is 7.34. The molecule has 2 amide bonds. The lowest BCUT2D eigenvalue weighted by molar-refractivity contribution is -0.125. The largest absolute Gasteiger partial charge is 0.497 e. The third kappa shape index (κ3) is 9.92. The Bertz CT molecular complexity index is 1410. The summed E-state index contributed by atoms with van der Waals surface area (Å²) in [5.74, 6) is 6.77. The van der Waals surface area contributed by atoms with Crippen LogP contribution in [0.15, 0.2) is 48.8 Å². The number of benzene rings is 1. The molecule has 1 aromatic carbocycles. The Balaban J connectivity index is 1.62. The number of nitrogens with one attached hydrogen (secondary N) is 3. The summed E-state index contributed by atoms with van der Waals surface area (Å²) in [5.41, 5.74) is 1.20. The smallest absolute Gasteiger partial charge is 0.410 e. The summed E-state index contributed by atoms with van der Waals surface area (Å²) in [6, 6.07) is 9.41. The van der Waals surface area contributed by atoms with Crippen molar-refractivity contribution in [2.75, 3.05) is 31.3 Å². The first-order chi connectivity index (χ1) is 19.9. The lowest BCUT2D eigenvalue weighted by Gasteiger charge is -2.28. The van der Waals surface area contributed by atoms with Crippen molar-refractivity contribution < 1.29 is 23.5 Å². The van der Waals surface area contributed by atoms with Crippen LogP contribution in [-0.2, 0) is 9.53 Å². The molecule has 0 spiro atoms. The van der Waals surface area contributed by atoms with Gasteiger partial charge in [-0.15, -0.1) is 0 Å². The number of aromatic nitrogens is 3. The average molecular weight is 578 g/mol. The van der Waals surface area contributed by atoms with Crippen molar-refractivity contribution in [1.29, 1.82) is 0 Å². The van der Waals surface area contributed by atoms with E-state index in [1.807, 2.05) is 24.3 Å². The van der Waals surface area contributed by atoms with Gasteiger partial charge in [0.05, 0.1) is 30.8 Å². The minimum atomic E-state index is -0.688. The van der Waals surface area contributed by atoms with E-state index in [1.165, 1.54) is 30.3 Å². The van der Waals surface area contributed by atoms with Gasteiger partial charge in [0.25, 0.3) is 0 Å². The number of anilines is 4. The van der Waals surface area contributed by atoms with E-state index in [-0.39, 0.29) is 11.9 Å². The molecule has 2 aromatic heterocycles. The highest BCUT2D eigenvalue weighted by molar-refractivity contribution is 5.85. The molecule has 42 heavy (non-hydrogen) atoms. The van der Waals surface area contributed by atoms with E-state index in [0.717, 1.165) is 5.69 Å². The summed E-state index contributed by atoms with van der Waals surface area (Å²) in [5, 5.41) is 9.07. The lowest BCUT2D eigenvalue weighted by Crippen LogP contribution is -2.47. The second-order valence-electron chi connectivity index (χ2n) is 10.3. The Morgan fingerprint density at radius 3 is 2.40 bits per heavy atom. The number of unbranched alkanes of at least 4 members (excludes halogenated alkanes) is 1. The molecule has 0 radical (unpaired) electrons. The maximum Gasteiger partial charge on any atom is 0.410 e. The second kappa shape index (κ2) is 14.6. The minimum Gasteiger partial charge on any atom is -0.497 e. The molecule has 0 fully saturated rings. The number of carbonyl (C=O) groups is 2. The Labute approximate surface area is 245 Å². The van der Waals surface area contributed by atoms with Gasteiger partial charge in [-0.1, -0.05) is 11.8 Å². The Morgan fingerprint density at radius 2 is 1.76 bits per heavy atom. The van der Waals surface area contributed by atoms with Crippen molar-refractivity contribution >= 4 is 35.1 Å². The lowest BCUT2D eigenvalue weighted by atomic mass is 10.2. The van der Waals surface area contributed by atoms with Crippen LogP contribution >= 0.6 is 0 Å². The molecule has 3 N–H and O–H groups in total. The molecule has 0 aliphatic heterocycles. The molecule has 0 bridgehead atoms. The van der Waals surface area contributed by atoms with E-state index in [4.69, 9.17) is 9.47 Å². The van der Waals surface area contributed by atoms with Gasteiger partial charge >= 0.3 is 6.09 Å². The standard InChI is InChI=1S/C30H36FN7O4/c1-20(38(5)29(40)42-30(2,3)4)27(39)32-17-9-7-8-10-21-18-34-28(36-23-13-16-25(31)33-19-23)37-26(21)35-22-11-14-24(41-6)15-12-22/h11-16,18-20H,7,9,17H2,1-6H3,(H,32,39)(H2,34,35,36,37)/t20-/m0/s1. The van der Waals surface area contributed by atoms with Gasteiger partial charge < -0.3 is 25.4 Å². The van der Waals surface area contributed by atoms with Gasteiger partial charge in [-0.25, -0.2) is 14.8 Å². The van der Waals surface area contributed by atoms with Gasteiger partial charge in [0.15, 0.2) is 5.82 Å². The highest BCUT2D eigenvalue weighted by atomic mass is 19.1. The topological polar surface area (TPSA) is 131 Å². The number of likely N-dealkylation sites (N-methyl/N-ethyl adjacent to an activating group) is 1. The van der Waals surface area contributed by atoms with Gasteiger partial charge in [0, 0.05) is 25.7 Å². The molecule has 3 aromatic rings. The fourth-order valence-electron chi connectivity index (χ4n) is 3.38. The molecular weight excluding hydrogens is 541 g/mol. The highest BCUT2D eigenvalue weighted by Crippen LogP contribution is 2.23. The van der Waals surface area contributed by atoms with Gasteiger partial charge in [-0.3, -0.25) is 9.69 Å². The van der Waals surface area contributed by atoms with E-state index >= 15 is 0 Å². The minimum absolute atomic E-state index is 0.276. The first-order valence-electron chi connectivity index (χ1n) is 13.3. The van der Waals surface area contributed by atoms with Crippen molar-refractivity contribution in [2.45, 2.75) is 52.2 Å². The molecule has 11 nitrogen and oxygen atoms in total. The number of amides is 2. The van der Waals surface area contributed by atoms with Gasteiger partial charge in [0.1, 0.15) is 17.4 Å². The average Bonchev–Trinajstić information content (AvgIpc) is 2.95. The van der Waals surface area contributed by atoms with Crippen molar-refractivity contribution in [3.05, 3.63) is 60.3 Å². The molecule has 2 heterocycles. The molecule has 0 unspecified atom stereocenters. The Hall–Kier alpha value is -4.92. The monoisotopic (exact) mass is 577 g/mol. The summed E-state index contributed by atoms with van der Waals surface area (Å²) in [7, 11) is 3.12. The molecule has 0 aliphatic carbocycles. The van der Waals surface area contributed by atoms with E-state index in [2.05, 4.69) is 42.7 Å². The maximum absolute atomic E-state index is 13.2. The van der Waals surface area contributed by atoms with E-state index < -0.39 is 23.7 Å². The van der Waals surface area contributed by atoms with Crippen LogP contribution in [0.2, 0.25) is 0 Å². The molecule has 3 rings (SSSR count). The summed E-state index contributed by atoms with van der Waals surface area (Å²) in [6.07, 6.45) is 3.47. The number of pyridine rings is 1. The number of halogens is 1. The number of rotatable bonds is 10. The van der Waals surface area contributed by atoms with Crippen molar-refractivity contribution in [2.24, 2.45) is 0 Å². The van der Waals surface area contributed by atoms with Crippen LogP contribution in [0.1, 0.15) is 46.1 Å². The van der Waals surface area contributed by atoms with Gasteiger partial charge in [-0.05, 0) is 70.5 Å². The molecule has 0 saturated carbocycles. The van der Waals surface area contributed by atoms with E-state index in [9.17, 15) is 14.0 Å². The summed E-state index contributed by atoms with van der Waals surface area (Å²) < 4.78 is 23.7. The normalized spacial score (nSPS) is 11.4. The zero-order valence-electron chi connectivity index (χ0n) is 24.6. The van der Waals surface area contributed by atoms with Gasteiger partial charge in [-0.2, -0.15) is 9.37 Å². The molecule has 0 aliphatic rings. The second-order valence-corrected chi connectivity index (χ2v) is 10.3. The zero-order valence-corrected chi connectivity index (χ0v) is 24.6. The molecule has 0 saturated heterocycles. The Morgan fingerprint density at radius 1 is 1.05 bits per heavy atom. The molecule has 12 heteroatoms. The summed E-state index contributed by atoms with van der Waals surface area (Å²) >= 11 is 0. The third-order valence-electron chi connectivity index (χ3n) is 5.77. The van der Waals surface area contributed by atoms with Crippen LogP contribution in [0, 0.1) is 17.8 Å². The van der Waals surface area contributed by atoms with Crippen molar-refractivity contribution in [1.82, 2.24) is 25.2 Å². The van der Waals surface area contributed by atoms with E-state index in [1.54, 1.807) is 41.0 Å². The number of nitrogens with zero attached hydrogens (tertiary/aromatic N) is 4. The van der Waals surface area contributed by atoms with Crippen molar-refractivity contribution in [3.63, 3.8) is 0 Å². The van der Waals surface area contributed by atoms with Crippen LogP contribution in [0.3, 0.4) is 0 Å². The Kier molecular flexibility index (Phi) is 11.0. The van der Waals surface area contributed by atoms with E-state index in [0.29, 0.717) is 42.2 Å². The first-order valence-corrected chi connectivity index (χ1v) is 13.3. The van der Waals surface area contributed by atoms with Crippen LogP contribution in [0.4, 0.5) is 32.3 Å². The van der Waals surface area contributed by atoms with Crippen LogP contribution in [-0.4, -0.2) is 64.2 Å². The maximum atomic E-state index is 13.2. The quantitative estimate of drug-likeness (QED) is 0.173. The number of hydrogen-bond acceptors (Lipinski definition) is 9. The predicted octanol–water partition coefficient (Wildman–Crippen LogP) is 5.01. The fraction of sp³-hybridized carbons (Fsp3) is 0.367. The third-order valence-corrected chi connectivity index (χ3v) is 5.77. The molecule has 222 valence electrons. The number of hydrogen-bond donors (Lipinski definition) is 3. The SMILES string of the molecule is COc1ccc(Nc2nc(Nc3ccc(F)nc3)ncc2C#CCCCNC(=O)[C@H](C)N(C)C(=O)OC(C)(C)C)cc1. The first kappa shape index (κ1) is 31.6. The van der Waals surface area contributed by atoms with Gasteiger partial charge in [0.2, 0.25) is 17.8 Å². The number of ether oxygens (including phenoxy) is 2. The van der Waals surface area contributed by atoms with Crippen molar-refractivity contribution in [3.8, 4) is 17.6 Å². The molecular formula is C30H36FN7O4. The van der Waals surface area contributed by atoms with Crippen LogP contribution in [0.5, 0.6) is 5.75 Å². The highest BCUT2D eigenvalue weighted by Gasteiger charge is 2.26.